The van der Waals surface area contributed by atoms with E-state index >= 15 is 0 Å². The third-order valence-corrected chi connectivity index (χ3v) is 2.92. The highest BCUT2D eigenvalue weighted by molar-refractivity contribution is 7.99. The number of hydrogen-bond donors (Lipinski definition) is 1. The molecule has 1 atom stereocenters. The molecule has 1 heterocycles. The maximum Gasteiger partial charge on any atom is 0.0797 e. The normalized spacial score (nSPS) is 28.3. The van der Waals surface area contributed by atoms with Crippen molar-refractivity contribution in [3.05, 3.63) is 0 Å². The third kappa shape index (κ3) is 2.56. The Morgan fingerprint density at radius 1 is 1.56 bits per heavy atom. The minimum Gasteiger partial charge on any atom is -0.303 e. The molecule has 0 aromatic rings. The highest BCUT2D eigenvalue weighted by Crippen LogP contribution is 2.24. The molecule has 0 bridgehead atoms. The Bertz CT molecular complexity index is 70.7. The van der Waals surface area contributed by atoms with Gasteiger partial charge in [0.15, 0.2) is 0 Å². The summed E-state index contributed by atoms with van der Waals surface area (Å²) in [7, 11) is 0. The molecule has 1 unspecified atom stereocenters. The second-order valence-corrected chi connectivity index (χ2v) is 3.73. The van der Waals surface area contributed by atoms with E-state index in [1.807, 2.05) is 11.8 Å². The molecule has 1 saturated heterocycles. The summed E-state index contributed by atoms with van der Waals surface area (Å²) in [6.45, 7) is 0.727. The van der Waals surface area contributed by atoms with Gasteiger partial charge in [-0.2, -0.15) is 11.8 Å². The molecule has 1 aliphatic heterocycles. The molecule has 9 heavy (non-hydrogen) atoms. The Balaban J connectivity index is 2.08. The smallest absolute Gasteiger partial charge is 0.0797 e. The van der Waals surface area contributed by atoms with Gasteiger partial charge in [-0.25, -0.2) is 5.90 Å². The Kier molecular flexibility index (Phi) is 3.40. The van der Waals surface area contributed by atoms with Gasteiger partial charge in [0.2, 0.25) is 0 Å². The van der Waals surface area contributed by atoms with Crippen LogP contribution in [0, 0.1) is 0 Å². The minimum atomic E-state index is 0.670. The predicted octanol–water partition coefficient (Wildman–Crippen LogP) is 1.16. The summed E-state index contributed by atoms with van der Waals surface area (Å²) in [4.78, 5) is 4.56. The van der Waals surface area contributed by atoms with E-state index in [1.54, 1.807) is 0 Å². The van der Waals surface area contributed by atoms with Crippen LogP contribution in [0.5, 0.6) is 0 Å². The van der Waals surface area contributed by atoms with Gasteiger partial charge in [-0.3, -0.25) is 0 Å². The Morgan fingerprint density at radius 2 is 2.44 bits per heavy atom. The molecule has 1 rings (SSSR count). The lowest BCUT2D eigenvalue weighted by molar-refractivity contribution is 0.136. The zero-order chi connectivity index (χ0) is 6.53. The van der Waals surface area contributed by atoms with E-state index < -0.39 is 0 Å². The van der Waals surface area contributed by atoms with Gasteiger partial charge in [-0.05, 0) is 18.6 Å². The monoisotopic (exact) mass is 147 g/mol. The van der Waals surface area contributed by atoms with Crippen molar-refractivity contribution in [3.8, 4) is 0 Å². The third-order valence-electron chi connectivity index (χ3n) is 1.56. The first-order valence-electron chi connectivity index (χ1n) is 3.37. The van der Waals surface area contributed by atoms with Crippen LogP contribution in [0.15, 0.2) is 0 Å². The molecule has 54 valence electrons. The van der Waals surface area contributed by atoms with Crippen LogP contribution >= 0.6 is 11.8 Å². The largest absolute Gasteiger partial charge is 0.303 e. The van der Waals surface area contributed by atoms with Gasteiger partial charge in [0.25, 0.3) is 0 Å². The summed E-state index contributed by atoms with van der Waals surface area (Å²) >= 11 is 1.98. The molecule has 1 aliphatic rings. The van der Waals surface area contributed by atoms with Crippen molar-refractivity contribution in [2.45, 2.75) is 24.5 Å². The van der Waals surface area contributed by atoms with Crippen molar-refractivity contribution >= 4 is 11.8 Å². The van der Waals surface area contributed by atoms with E-state index in [2.05, 4.69) is 4.84 Å². The van der Waals surface area contributed by atoms with Crippen LogP contribution in [-0.2, 0) is 4.84 Å². The topological polar surface area (TPSA) is 35.2 Å². The van der Waals surface area contributed by atoms with Gasteiger partial charge >= 0.3 is 0 Å². The number of thioether (sulfide) groups is 1. The maximum atomic E-state index is 4.95. The molecule has 2 nitrogen and oxygen atoms in total. The van der Waals surface area contributed by atoms with Crippen LogP contribution in [0.3, 0.4) is 0 Å². The quantitative estimate of drug-likeness (QED) is 0.595. The van der Waals surface area contributed by atoms with E-state index in [0.717, 1.165) is 6.61 Å². The fourth-order valence-corrected chi connectivity index (χ4v) is 2.26. The van der Waals surface area contributed by atoms with Crippen molar-refractivity contribution in [2.75, 3.05) is 12.4 Å². The summed E-state index contributed by atoms with van der Waals surface area (Å²) in [6, 6.07) is 0. The Hall–Kier alpha value is 0.270. The highest BCUT2D eigenvalue weighted by atomic mass is 32.2. The molecule has 2 N–H and O–H groups in total. The van der Waals surface area contributed by atoms with Crippen LogP contribution < -0.4 is 5.90 Å². The van der Waals surface area contributed by atoms with Gasteiger partial charge in [0, 0.05) is 5.25 Å². The number of rotatable bonds is 2. The molecule has 0 radical (unpaired) electrons. The number of hydrogen-bond acceptors (Lipinski definition) is 3. The number of nitrogens with two attached hydrogens (primary N) is 1. The first-order valence-corrected chi connectivity index (χ1v) is 4.41. The van der Waals surface area contributed by atoms with Crippen LogP contribution in [0.25, 0.3) is 0 Å². The van der Waals surface area contributed by atoms with Crippen molar-refractivity contribution in [3.63, 3.8) is 0 Å². The second kappa shape index (κ2) is 4.14. The SMILES string of the molecule is NOCC1CCCCS1. The zero-order valence-corrected chi connectivity index (χ0v) is 6.32. The fourth-order valence-electron chi connectivity index (χ4n) is 1.05. The first kappa shape index (κ1) is 7.38. The average molecular weight is 147 g/mol. The van der Waals surface area contributed by atoms with Crippen LogP contribution in [0.4, 0.5) is 0 Å². The standard InChI is InChI=1S/C6H13NOS/c7-8-5-6-3-1-2-4-9-6/h6H,1-5,7H2. The summed E-state index contributed by atoms with van der Waals surface area (Å²) in [6.07, 6.45) is 3.99. The van der Waals surface area contributed by atoms with E-state index in [1.165, 1.54) is 25.0 Å². The van der Waals surface area contributed by atoms with Gasteiger partial charge in [0.05, 0.1) is 6.61 Å². The van der Waals surface area contributed by atoms with E-state index in [4.69, 9.17) is 5.90 Å². The average Bonchev–Trinajstić information content (AvgIpc) is 1.91. The molecular weight excluding hydrogens is 134 g/mol. The molecule has 0 aliphatic carbocycles. The van der Waals surface area contributed by atoms with Gasteiger partial charge < -0.3 is 4.84 Å². The van der Waals surface area contributed by atoms with Crippen LogP contribution in [-0.4, -0.2) is 17.6 Å². The summed E-state index contributed by atoms with van der Waals surface area (Å²) in [5.74, 6) is 6.23. The van der Waals surface area contributed by atoms with Crippen molar-refractivity contribution < 1.29 is 4.84 Å². The molecule has 0 aromatic carbocycles. The summed E-state index contributed by atoms with van der Waals surface area (Å²) in [5.41, 5.74) is 0. The van der Waals surface area contributed by atoms with Crippen LogP contribution in [0.2, 0.25) is 0 Å². The van der Waals surface area contributed by atoms with Crippen molar-refractivity contribution in [1.29, 1.82) is 0 Å². The predicted molar refractivity (Wildman–Crippen MR) is 40.2 cm³/mol. The molecular formula is C6H13NOS. The maximum absolute atomic E-state index is 4.95. The zero-order valence-electron chi connectivity index (χ0n) is 5.51. The van der Waals surface area contributed by atoms with Gasteiger partial charge in [-0.15, -0.1) is 0 Å². The van der Waals surface area contributed by atoms with E-state index in [9.17, 15) is 0 Å². The lowest BCUT2D eigenvalue weighted by atomic mass is 10.2. The van der Waals surface area contributed by atoms with Gasteiger partial charge in [-0.1, -0.05) is 6.42 Å². The van der Waals surface area contributed by atoms with E-state index in [-0.39, 0.29) is 0 Å². The van der Waals surface area contributed by atoms with Crippen molar-refractivity contribution in [2.24, 2.45) is 5.90 Å². The summed E-state index contributed by atoms with van der Waals surface area (Å²) < 4.78 is 0. The molecule has 1 fully saturated rings. The Labute approximate surface area is 60.1 Å². The second-order valence-electron chi connectivity index (χ2n) is 2.32. The molecule has 0 aromatic heterocycles. The van der Waals surface area contributed by atoms with Crippen LogP contribution in [0.1, 0.15) is 19.3 Å². The van der Waals surface area contributed by atoms with E-state index in [0.29, 0.717) is 5.25 Å². The molecule has 0 amide bonds. The Morgan fingerprint density at radius 3 is 3.00 bits per heavy atom. The molecule has 0 spiro atoms. The molecule has 0 saturated carbocycles. The lowest BCUT2D eigenvalue weighted by Gasteiger charge is -2.19. The lowest BCUT2D eigenvalue weighted by Crippen LogP contribution is -2.18. The van der Waals surface area contributed by atoms with Crippen molar-refractivity contribution in [1.82, 2.24) is 0 Å². The fraction of sp³-hybridized carbons (Fsp3) is 1.00. The highest BCUT2D eigenvalue weighted by Gasteiger charge is 2.12. The van der Waals surface area contributed by atoms with Gasteiger partial charge in [0.1, 0.15) is 0 Å². The first-order chi connectivity index (χ1) is 4.43. The summed E-state index contributed by atoms with van der Waals surface area (Å²) in [5, 5.41) is 0.670. The minimum absolute atomic E-state index is 0.670. The molecule has 3 heteroatoms.